The van der Waals surface area contributed by atoms with Crippen LogP contribution in [0.3, 0.4) is 0 Å². The van der Waals surface area contributed by atoms with Crippen molar-refractivity contribution in [2.45, 2.75) is 207 Å². The van der Waals surface area contributed by atoms with Crippen LogP contribution in [0.5, 0.6) is 0 Å². The summed E-state index contributed by atoms with van der Waals surface area (Å²) in [5.74, 6) is 3.05. The van der Waals surface area contributed by atoms with E-state index < -0.39 is 45.2 Å². The van der Waals surface area contributed by atoms with Gasteiger partial charge >= 0.3 is 227 Å². The summed E-state index contributed by atoms with van der Waals surface area (Å²) in [6.45, 7) is 59.3. The molecule has 0 saturated heterocycles. The summed E-state index contributed by atoms with van der Waals surface area (Å²) >= 11 is 0.983. The second-order valence-electron chi connectivity index (χ2n) is 27.4. The van der Waals surface area contributed by atoms with Crippen molar-refractivity contribution in [1.29, 1.82) is 0 Å². The van der Waals surface area contributed by atoms with Crippen molar-refractivity contribution in [3.8, 4) is 0 Å². The Hall–Kier alpha value is -0.353. The van der Waals surface area contributed by atoms with Gasteiger partial charge in [0.15, 0.2) is 11.8 Å². The Morgan fingerprint density at radius 3 is 0.681 bits per heavy atom. The first kappa shape index (κ1) is 69.7. The van der Waals surface area contributed by atoms with Crippen molar-refractivity contribution in [3.05, 3.63) is 156 Å². The Bertz CT molecular complexity index is 1990. The fraction of sp³-hybridized carbons (Fsp3) is 0.531. The van der Waals surface area contributed by atoms with Gasteiger partial charge in [0.25, 0.3) is 0 Å². The molecule has 0 N–H and O–H groups in total. The molecule has 405 valence electrons. The van der Waals surface area contributed by atoms with Gasteiger partial charge in [-0.15, -0.1) is 0 Å². The Morgan fingerprint density at radius 2 is 0.528 bits per heavy atom. The molecule has 0 radical (unpaired) electrons. The molecule has 0 aliphatic rings. The zero-order valence-corrected chi connectivity index (χ0v) is 58.9. The number of halogens is 2. The predicted molar refractivity (Wildman–Crippen MR) is 336 cm³/mol. The number of allylic oxidation sites excluding steroid dienone is 2. The number of hydrogen-bond donors (Lipinski definition) is 0. The van der Waals surface area contributed by atoms with E-state index in [0.29, 0.717) is 41.2 Å². The molecule has 0 aliphatic carbocycles. The van der Waals surface area contributed by atoms with Crippen molar-refractivity contribution >= 4 is 52.1 Å². The van der Waals surface area contributed by atoms with Gasteiger partial charge in [0.05, 0.1) is 41.2 Å². The summed E-state index contributed by atoms with van der Waals surface area (Å²) in [5.41, 5.74) is 7.31. The molecule has 0 aliphatic heterocycles. The maximum absolute atomic E-state index is 5.16. The van der Waals surface area contributed by atoms with Crippen LogP contribution in [0, 0.1) is 19.4 Å². The van der Waals surface area contributed by atoms with Gasteiger partial charge in [-0.25, -0.2) is 0 Å². The minimum atomic E-state index is -1.55. The third-order valence-corrected chi connectivity index (χ3v) is 35.2. The van der Waals surface area contributed by atoms with E-state index in [2.05, 4.69) is 269 Å². The van der Waals surface area contributed by atoms with E-state index in [4.69, 9.17) is 19.4 Å². The molecular weight excluding hydrogens is 1170 g/mol. The number of benzene rings is 4. The molecule has 4 aromatic rings. The summed E-state index contributed by atoms with van der Waals surface area (Å²) in [7, 11) is 8.73. The topological polar surface area (TPSA) is 0 Å². The second-order valence-corrected chi connectivity index (χ2v) is 53.0. The first-order valence-electron chi connectivity index (χ1n) is 26.0. The molecule has 0 atom stereocenters. The summed E-state index contributed by atoms with van der Waals surface area (Å²) < 4.78 is 4.03. The molecule has 0 amide bonds. The van der Waals surface area contributed by atoms with Crippen molar-refractivity contribution in [3.63, 3.8) is 0 Å². The summed E-state index contributed by atoms with van der Waals surface area (Å²) in [5, 5.41) is 3.96. The van der Waals surface area contributed by atoms with Gasteiger partial charge in [0.2, 0.25) is 0 Å². The van der Waals surface area contributed by atoms with Crippen LogP contribution in [0.25, 0.3) is 11.1 Å². The minimum absolute atomic E-state index is 0.394. The second kappa shape index (κ2) is 30.1. The normalized spacial score (nSPS) is 12.9. The van der Waals surface area contributed by atoms with E-state index in [0.717, 1.165) is 0 Å². The maximum atomic E-state index is 5.16. The van der Waals surface area contributed by atoms with Crippen LogP contribution in [0.1, 0.15) is 188 Å². The van der Waals surface area contributed by atoms with Gasteiger partial charge in [-0.05, 0) is 166 Å². The van der Waals surface area contributed by atoms with Gasteiger partial charge in [-0.1, -0.05) is 0 Å². The van der Waals surface area contributed by atoms with Crippen molar-refractivity contribution < 1.29 is 50.8 Å². The zero-order valence-electron chi connectivity index (χ0n) is 49.8. The van der Waals surface area contributed by atoms with Gasteiger partial charge in [0, 0.05) is 31.7 Å². The van der Waals surface area contributed by atoms with Gasteiger partial charge in [-0.2, -0.15) is 0 Å². The molecule has 0 nitrogen and oxygen atoms in total. The molecular formula is C64H106Cl2P4Ru2+7. The monoisotopic (exact) mass is 1270 g/mol. The van der Waals surface area contributed by atoms with Gasteiger partial charge in [0.1, 0.15) is 0 Å². The molecule has 0 saturated carbocycles. The molecule has 4 aromatic carbocycles. The van der Waals surface area contributed by atoms with E-state index in [-0.39, 0.29) is 0 Å². The number of hydrogen-bond acceptors (Lipinski definition) is 0. The molecule has 0 aromatic heterocycles. The molecule has 8 heteroatoms. The molecule has 0 heterocycles. The van der Waals surface area contributed by atoms with E-state index in [1.165, 1.54) is 45.2 Å². The van der Waals surface area contributed by atoms with Crippen LogP contribution < -0.4 is 0 Å². The quantitative estimate of drug-likeness (QED) is 0.110. The molecule has 0 spiro atoms. The third kappa shape index (κ3) is 26.3. The zero-order chi connectivity index (χ0) is 55.7. The SMILES string of the molecule is CC(C)(C)[PH+](C[PH+](C(C)(C)C)C(C)(C)C)C(C)(C)C.CC(C)(C)[PH+](C[PH+](C(C)(C)C)C(C)(C)C)C(C)(C)C.[ClH+][Ru]([ClH+])=[CH]C=C(c1ccccc1)c1ccccc1.[Ru+]=[CH]C=C(c1ccccc1)c1ccccc1. The Morgan fingerprint density at radius 1 is 0.347 bits per heavy atom. The average molecular weight is 1270 g/mol. The van der Waals surface area contributed by atoms with Gasteiger partial charge < -0.3 is 0 Å². The van der Waals surface area contributed by atoms with Crippen molar-refractivity contribution in [2.24, 2.45) is 0 Å². The van der Waals surface area contributed by atoms with Gasteiger partial charge in [-0.3, -0.25) is 0 Å². The van der Waals surface area contributed by atoms with E-state index >= 15 is 0 Å². The Kier molecular flexibility index (Phi) is 29.2. The van der Waals surface area contributed by atoms with Crippen LogP contribution in [-0.2, 0) is 31.4 Å². The first-order valence-corrected chi connectivity index (χ1v) is 39.7. The predicted octanol–water partition coefficient (Wildman–Crippen LogP) is 19.5. The van der Waals surface area contributed by atoms with Crippen molar-refractivity contribution in [2.75, 3.05) is 11.8 Å². The fourth-order valence-corrected chi connectivity index (χ4v) is 40.5. The van der Waals surface area contributed by atoms with Crippen LogP contribution in [0.2, 0.25) is 0 Å². The summed E-state index contributed by atoms with van der Waals surface area (Å²) in [6.07, 6.45) is 4.21. The van der Waals surface area contributed by atoms with E-state index in [1.54, 1.807) is 0 Å². The molecule has 0 unspecified atom stereocenters. The molecule has 0 fully saturated rings. The summed E-state index contributed by atoms with van der Waals surface area (Å²) in [4.78, 5) is 0. The van der Waals surface area contributed by atoms with Crippen LogP contribution in [0.15, 0.2) is 133 Å². The van der Waals surface area contributed by atoms with Crippen LogP contribution >= 0.6 is 31.7 Å². The average Bonchev–Trinajstić information content (AvgIpc) is 3.21. The molecule has 4 rings (SSSR count). The first-order chi connectivity index (χ1) is 32.6. The standard InChI is InChI=1S/2C17H38P2.2C15H12.2ClH.2Ru/c2*1-14(2,3)18(15(4,5)6)13-19(16(7,8)9)17(10,11)12;2*1-2-15(13-9-5-3-6-10-13)14-11-7-4-8-12-14;;;;/h2*13H2,1-12H3;2*1-12H;2*1H;;/q;;;;;;+1;+2/p+4. The van der Waals surface area contributed by atoms with Crippen LogP contribution in [-0.4, -0.2) is 62.3 Å². The Balaban J connectivity index is 0.000000480. The van der Waals surface area contributed by atoms with Crippen LogP contribution in [0.4, 0.5) is 0 Å². The third-order valence-electron chi connectivity index (χ3n) is 12.8. The summed E-state index contributed by atoms with van der Waals surface area (Å²) in [6, 6.07) is 41.5. The Labute approximate surface area is 473 Å². The van der Waals surface area contributed by atoms with E-state index in [1.807, 2.05) is 57.7 Å². The fourth-order valence-electron chi connectivity index (χ4n) is 10.3. The number of rotatable bonds is 10. The molecule has 72 heavy (non-hydrogen) atoms. The van der Waals surface area contributed by atoms with E-state index in [9.17, 15) is 0 Å². The van der Waals surface area contributed by atoms with Crippen molar-refractivity contribution in [1.82, 2.24) is 0 Å². The molecule has 0 bridgehead atoms.